The molecular weight excluding hydrogens is 224 g/mol. The van der Waals surface area contributed by atoms with Gasteiger partial charge in [0.2, 0.25) is 0 Å². The molecule has 0 spiro atoms. The summed E-state index contributed by atoms with van der Waals surface area (Å²) in [6, 6.07) is 3.84. The fourth-order valence-corrected chi connectivity index (χ4v) is 1.61. The van der Waals surface area contributed by atoms with Gasteiger partial charge in [-0.1, -0.05) is 6.07 Å². The molecule has 0 atom stereocenters. The van der Waals surface area contributed by atoms with E-state index in [2.05, 4.69) is 5.10 Å². The average molecular weight is 237 g/mol. The van der Waals surface area contributed by atoms with Gasteiger partial charge in [-0.15, -0.1) is 0 Å². The maximum atomic E-state index is 13.0. The molecule has 90 valence electrons. The van der Waals surface area contributed by atoms with Gasteiger partial charge in [0.25, 0.3) is 0 Å². The minimum atomic E-state index is -0.836. The van der Waals surface area contributed by atoms with Crippen molar-refractivity contribution in [1.29, 1.82) is 0 Å². The number of nitrogens with zero attached hydrogens (tertiary/aromatic N) is 2. The lowest BCUT2D eigenvalue weighted by molar-refractivity contribution is 0.506. The number of hydrogen-bond donors (Lipinski definition) is 1. The van der Waals surface area contributed by atoms with Crippen molar-refractivity contribution in [3.05, 3.63) is 53.4 Å². The van der Waals surface area contributed by atoms with Crippen LogP contribution in [0.2, 0.25) is 0 Å². The van der Waals surface area contributed by atoms with Crippen molar-refractivity contribution in [2.24, 2.45) is 5.73 Å². The smallest absolute Gasteiger partial charge is 0.159 e. The molecule has 0 saturated heterocycles. The van der Waals surface area contributed by atoms with E-state index >= 15 is 0 Å². The second-order valence-electron chi connectivity index (χ2n) is 3.83. The van der Waals surface area contributed by atoms with Gasteiger partial charge in [0, 0.05) is 6.20 Å². The second kappa shape index (κ2) is 5.05. The summed E-state index contributed by atoms with van der Waals surface area (Å²) in [5.41, 5.74) is 7.14. The molecule has 0 aliphatic rings. The predicted octanol–water partition coefficient (Wildman–Crippen LogP) is 1.71. The highest BCUT2D eigenvalue weighted by atomic mass is 19.2. The minimum Gasteiger partial charge on any atom is -0.330 e. The van der Waals surface area contributed by atoms with Gasteiger partial charge in [-0.05, 0) is 36.2 Å². The Morgan fingerprint density at radius 1 is 1.18 bits per heavy atom. The SMILES string of the molecule is NCCc1cnn(Cc2ccc(F)c(F)c2)c1. The quantitative estimate of drug-likeness (QED) is 0.879. The molecule has 1 heterocycles. The van der Waals surface area contributed by atoms with Crippen LogP contribution in [0.25, 0.3) is 0 Å². The van der Waals surface area contributed by atoms with Gasteiger partial charge in [-0.25, -0.2) is 8.78 Å². The van der Waals surface area contributed by atoms with Gasteiger partial charge in [-0.3, -0.25) is 4.68 Å². The average Bonchev–Trinajstić information content (AvgIpc) is 2.72. The lowest BCUT2D eigenvalue weighted by Gasteiger charge is -2.02. The molecule has 3 nitrogen and oxygen atoms in total. The van der Waals surface area contributed by atoms with Crippen LogP contribution in [0.5, 0.6) is 0 Å². The Bertz CT molecular complexity index is 508. The van der Waals surface area contributed by atoms with Crippen LogP contribution < -0.4 is 5.73 Å². The highest BCUT2D eigenvalue weighted by Gasteiger charge is 2.04. The topological polar surface area (TPSA) is 43.8 Å². The van der Waals surface area contributed by atoms with Gasteiger partial charge in [-0.2, -0.15) is 5.10 Å². The molecule has 17 heavy (non-hydrogen) atoms. The standard InChI is InChI=1S/C12H13F2N3/c13-11-2-1-9(5-12(11)14)7-17-8-10(3-4-15)6-16-17/h1-2,5-6,8H,3-4,7,15H2. The van der Waals surface area contributed by atoms with E-state index < -0.39 is 11.6 Å². The molecule has 2 aromatic rings. The van der Waals surface area contributed by atoms with Gasteiger partial charge in [0.05, 0.1) is 12.7 Å². The largest absolute Gasteiger partial charge is 0.330 e. The van der Waals surface area contributed by atoms with Crippen LogP contribution in [0.4, 0.5) is 8.78 Å². The van der Waals surface area contributed by atoms with Crippen LogP contribution in [0.3, 0.4) is 0 Å². The van der Waals surface area contributed by atoms with Gasteiger partial charge in [0.1, 0.15) is 0 Å². The molecule has 0 radical (unpaired) electrons. The van der Waals surface area contributed by atoms with Crippen LogP contribution >= 0.6 is 0 Å². The van der Waals surface area contributed by atoms with Crippen LogP contribution in [0.1, 0.15) is 11.1 Å². The first-order valence-corrected chi connectivity index (χ1v) is 5.34. The summed E-state index contributed by atoms with van der Waals surface area (Å²) in [4.78, 5) is 0. The van der Waals surface area contributed by atoms with Crippen LogP contribution in [-0.4, -0.2) is 16.3 Å². The molecule has 0 unspecified atom stereocenters. The number of hydrogen-bond acceptors (Lipinski definition) is 2. The minimum absolute atomic E-state index is 0.418. The van der Waals surface area contributed by atoms with E-state index in [1.165, 1.54) is 6.07 Å². The predicted molar refractivity (Wildman–Crippen MR) is 60.4 cm³/mol. The summed E-state index contributed by atoms with van der Waals surface area (Å²) >= 11 is 0. The summed E-state index contributed by atoms with van der Waals surface area (Å²) in [7, 11) is 0. The van der Waals surface area contributed by atoms with Crippen molar-refractivity contribution in [3.63, 3.8) is 0 Å². The normalized spacial score (nSPS) is 10.8. The molecule has 5 heteroatoms. The van der Waals surface area contributed by atoms with Crippen LogP contribution in [-0.2, 0) is 13.0 Å². The Labute approximate surface area is 97.9 Å². The van der Waals surface area contributed by atoms with Crippen molar-refractivity contribution in [3.8, 4) is 0 Å². The van der Waals surface area contributed by atoms with E-state index in [1.54, 1.807) is 16.9 Å². The molecule has 1 aromatic carbocycles. The second-order valence-corrected chi connectivity index (χ2v) is 3.83. The zero-order valence-electron chi connectivity index (χ0n) is 9.24. The molecule has 0 fully saturated rings. The monoisotopic (exact) mass is 237 g/mol. The molecule has 0 aliphatic carbocycles. The Morgan fingerprint density at radius 2 is 2.00 bits per heavy atom. The van der Waals surface area contributed by atoms with Gasteiger partial charge >= 0.3 is 0 Å². The first-order valence-electron chi connectivity index (χ1n) is 5.34. The van der Waals surface area contributed by atoms with Crippen molar-refractivity contribution in [2.75, 3.05) is 6.54 Å². The third kappa shape index (κ3) is 2.88. The van der Waals surface area contributed by atoms with Gasteiger partial charge in [0.15, 0.2) is 11.6 Å². The lowest BCUT2D eigenvalue weighted by Crippen LogP contribution is -2.03. The number of halogens is 2. The number of benzene rings is 1. The molecule has 0 aliphatic heterocycles. The fraction of sp³-hybridized carbons (Fsp3) is 0.250. The Morgan fingerprint density at radius 3 is 2.71 bits per heavy atom. The highest BCUT2D eigenvalue weighted by Crippen LogP contribution is 2.10. The molecule has 2 rings (SSSR count). The lowest BCUT2D eigenvalue weighted by atomic mass is 10.2. The molecule has 2 N–H and O–H groups in total. The number of nitrogens with two attached hydrogens (primary N) is 1. The van der Waals surface area contributed by atoms with Crippen LogP contribution in [0.15, 0.2) is 30.6 Å². The van der Waals surface area contributed by atoms with Crippen molar-refractivity contribution in [2.45, 2.75) is 13.0 Å². The van der Waals surface area contributed by atoms with E-state index in [1.807, 2.05) is 6.20 Å². The maximum absolute atomic E-state index is 13.0. The molecule has 1 aromatic heterocycles. The fourth-order valence-electron chi connectivity index (χ4n) is 1.61. The number of rotatable bonds is 4. The van der Waals surface area contributed by atoms with E-state index in [0.29, 0.717) is 18.7 Å². The summed E-state index contributed by atoms with van der Waals surface area (Å²) in [6.07, 6.45) is 4.35. The molecule has 0 amide bonds. The third-order valence-corrected chi connectivity index (χ3v) is 2.45. The summed E-state index contributed by atoms with van der Waals surface area (Å²) < 4.78 is 27.4. The maximum Gasteiger partial charge on any atom is 0.159 e. The summed E-state index contributed by atoms with van der Waals surface area (Å²) in [5, 5.41) is 4.13. The third-order valence-electron chi connectivity index (χ3n) is 2.45. The van der Waals surface area contributed by atoms with Crippen molar-refractivity contribution < 1.29 is 8.78 Å². The zero-order chi connectivity index (χ0) is 12.3. The van der Waals surface area contributed by atoms with E-state index in [4.69, 9.17) is 5.73 Å². The highest BCUT2D eigenvalue weighted by molar-refractivity contribution is 5.18. The zero-order valence-corrected chi connectivity index (χ0v) is 9.24. The first-order chi connectivity index (χ1) is 8.19. The van der Waals surface area contributed by atoms with Gasteiger partial charge < -0.3 is 5.73 Å². The summed E-state index contributed by atoms with van der Waals surface area (Å²) in [5.74, 6) is -1.67. The number of aromatic nitrogens is 2. The molecular formula is C12H13F2N3. The first kappa shape index (κ1) is 11.7. The Kier molecular flexibility index (Phi) is 3.49. The van der Waals surface area contributed by atoms with Crippen LogP contribution in [0, 0.1) is 11.6 Å². The molecule has 0 bridgehead atoms. The van der Waals surface area contributed by atoms with Crippen molar-refractivity contribution >= 4 is 0 Å². The van der Waals surface area contributed by atoms with E-state index in [0.717, 1.165) is 18.1 Å². The van der Waals surface area contributed by atoms with E-state index in [9.17, 15) is 8.78 Å². The van der Waals surface area contributed by atoms with E-state index in [-0.39, 0.29) is 0 Å². The summed E-state index contributed by atoms with van der Waals surface area (Å²) in [6.45, 7) is 0.985. The molecule has 0 saturated carbocycles. The van der Waals surface area contributed by atoms with Crippen molar-refractivity contribution in [1.82, 2.24) is 9.78 Å². The Hall–Kier alpha value is -1.75. The Balaban J connectivity index is 2.11.